The summed E-state index contributed by atoms with van der Waals surface area (Å²) in [5, 5.41) is 2.92. The molecule has 1 aliphatic rings. The van der Waals surface area contributed by atoms with Crippen molar-refractivity contribution in [2.45, 2.75) is 13.5 Å². The fraction of sp³-hybridized carbons (Fsp3) is 0.188. The van der Waals surface area contributed by atoms with Crippen LogP contribution in [0.2, 0.25) is 0 Å². The van der Waals surface area contributed by atoms with E-state index < -0.39 is 0 Å². The maximum Gasteiger partial charge on any atom is 0.192 e. The van der Waals surface area contributed by atoms with Gasteiger partial charge in [-0.3, -0.25) is 4.79 Å². The van der Waals surface area contributed by atoms with E-state index in [1.54, 1.807) is 26.1 Å². The van der Waals surface area contributed by atoms with E-state index in [0.29, 0.717) is 17.9 Å². The molecule has 0 radical (unpaired) electrons. The van der Waals surface area contributed by atoms with Gasteiger partial charge in [-0.25, -0.2) is 0 Å². The van der Waals surface area contributed by atoms with Gasteiger partial charge in [-0.2, -0.15) is 0 Å². The first-order valence-corrected chi connectivity index (χ1v) is 6.14. The number of benzene rings is 1. The summed E-state index contributed by atoms with van der Waals surface area (Å²) in [5.41, 5.74) is 3.02. The fourth-order valence-electron chi connectivity index (χ4n) is 1.88. The maximum atomic E-state index is 12.4. The summed E-state index contributed by atoms with van der Waals surface area (Å²) >= 11 is 0. The molecule has 1 heterocycles. The monoisotopic (exact) mass is 255 g/mol. The number of carbonyl (C=O) groups excluding carboxylic acids is 1. The Morgan fingerprint density at radius 2 is 2.16 bits per heavy atom. The van der Waals surface area contributed by atoms with Crippen molar-refractivity contribution in [1.29, 1.82) is 0 Å². The van der Waals surface area contributed by atoms with Crippen LogP contribution < -0.4 is 5.32 Å². The molecule has 19 heavy (non-hydrogen) atoms. The number of carbonyl (C=O) groups is 1. The quantitative estimate of drug-likeness (QED) is 0.844. The number of rotatable bonds is 3. The topological polar surface area (TPSA) is 38.3 Å². The van der Waals surface area contributed by atoms with E-state index in [2.05, 4.69) is 11.9 Å². The molecule has 1 aromatic carbocycles. The smallest absolute Gasteiger partial charge is 0.192 e. The molecule has 98 valence electrons. The summed E-state index contributed by atoms with van der Waals surface area (Å²) in [6, 6.07) is 7.53. The lowest BCUT2D eigenvalue weighted by Crippen LogP contribution is -2.03. The highest BCUT2D eigenvalue weighted by atomic mass is 16.5. The van der Waals surface area contributed by atoms with Gasteiger partial charge in [0.2, 0.25) is 0 Å². The van der Waals surface area contributed by atoms with Gasteiger partial charge in [-0.1, -0.05) is 30.8 Å². The third kappa shape index (κ3) is 2.76. The second kappa shape index (κ2) is 5.57. The normalized spacial score (nSPS) is 14.9. The Kier molecular flexibility index (Phi) is 3.85. The van der Waals surface area contributed by atoms with Crippen LogP contribution in [-0.4, -0.2) is 12.8 Å². The molecule has 0 saturated heterocycles. The molecule has 0 aliphatic carbocycles. The Balaban J connectivity index is 2.34. The van der Waals surface area contributed by atoms with Gasteiger partial charge in [0, 0.05) is 29.4 Å². The van der Waals surface area contributed by atoms with Gasteiger partial charge in [0.1, 0.15) is 12.4 Å². The van der Waals surface area contributed by atoms with Crippen molar-refractivity contribution in [3.63, 3.8) is 0 Å². The minimum atomic E-state index is 0.0165. The van der Waals surface area contributed by atoms with Crippen molar-refractivity contribution >= 4 is 5.78 Å². The predicted molar refractivity (Wildman–Crippen MR) is 75.6 cm³/mol. The summed E-state index contributed by atoms with van der Waals surface area (Å²) < 4.78 is 5.71. The molecular weight excluding hydrogens is 238 g/mol. The maximum absolute atomic E-state index is 12.4. The van der Waals surface area contributed by atoms with Gasteiger partial charge in [0.15, 0.2) is 5.78 Å². The molecule has 0 saturated carbocycles. The minimum Gasteiger partial charge on any atom is -0.488 e. The first-order valence-electron chi connectivity index (χ1n) is 6.14. The number of allylic oxidation sites excluding steroid dienone is 3. The molecular formula is C16H17NO2. The van der Waals surface area contributed by atoms with Crippen LogP contribution in [0.5, 0.6) is 0 Å². The van der Waals surface area contributed by atoms with E-state index in [1.165, 1.54) is 0 Å². The largest absolute Gasteiger partial charge is 0.488 e. The number of nitrogens with one attached hydrogen (secondary N) is 1. The summed E-state index contributed by atoms with van der Waals surface area (Å²) in [7, 11) is 1.79. The molecule has 0 bridgehead atoms. The van der Waals surface area contributed by atoms with Gasteiger partial charge in [-0.15, -0.1) is 0 Å². The average Bonchev–Trinajstić information content (AvgIpc) is 2.56. The number of likely N-dealkylation sites (N-methyl/N-ethyl adjacent to an activating group) is 1. The molecule has 1 aromatic rings. The molecule has 0 fully saturated rings. The Morgan fingerprint density at radius 3 is 2.89 bits per heavy atom. The van der Waals surface area contributed by atoms with Crippen LogP contribution in [0.1, 0.15) is 22.8 Å². The van der Waals surface area contributed by atoms with Crippen molar-refractivity contribution in [3.8, 4) is 0 Å². The van der Waals surface area contributed by atoms with E-state index in [-0.39, 0.29) is 5.78 Å². The van der Waals surface area contributed by atoms with Crippen molar-refractivity contribution in [1.82, 2.24) is 5.32 Å². The van der Waals surface area contributed by atoms with Crippen LogP contribution in [0, 0.1) is 0 Å². The van der Waals surface area contributed by atoms with Crippen molar-refractivity contribution in [3.05, 3.63) is 71.2 Å². The molecule has 3 nitrogen and oxygen atoms in total. The van der Waals surface area contributed by atoms with Crippen LogP contribution in [0.4, 0.5) is 0 Å². The molecule has 0 atom stereocenters. The minimum absolute atomic E-state index is 0.0165. The van der Waals surface area contributed by atoms with Crippen LogP contribution in [0.15, 0.2) is 60.0 Å². The molecule has 0 unspecified atom stereocenters. The zero-order valence-corrected chi connectivity index (χ0v) is 11.2. The lowest BCUT2D eigenvalue weighted by molar-refractivity contribution is 0.103. The van der Waals surface area contributed by atoms with Crippen molar-refractivity contribution < 1.29 is 9.53 Å². The van der Waals surface area contributed by atoms with E-state index in [1.807, 2.05) is 24.3 Å². The highest BCUT2D eigenvalue weighted by Crippen LogP contribution is 2.23. The third-order valence-electron chi connectivity index (χ3n) is 3.11. The molecule has 2 rings (SSSR count). The zero-order chi connectivity index (χ0) is 13.8. The van der Waals surface area contributed by atoms with Crippen LogP contribution in [0.25, 0.3) is 0 Å². The summed E-state index contributed by atoms with van der Waals surface area (Å²) in [4.78, 5) is 12.4. The Hall–Kier alpha value is -2.29. The molecule has 1 aliphatic heterocycles. The van der Waals surface area contributed by atoms with E-state index in [9.17, 15) is 4.79 Å². The zero-order valence-electron chi connectivity index (χ0n) is 11.2. The number of ketones is 1. The molecule has 3 heteroatoms. The van der Waals surface area contributed by atoms with Crippen LogP contribution >= 0.6 is 0 Å². The highest BCUT2D eigenvalue weighted by molar-refractivity contribution is 6.10. The Labute approximate surface area is 113 Å². The second-order valence-electron chi connectivity index (χ2n) is 4.37. The predicted octanol–water partition coefficient (Wildman–Crippen LogP) is 2.96. The number of ether oxygens (including phenoxy) is 1. The SMILES string of the molecule is C=C(/C=C\C1=C(C)C(=O)c2ccccc2CO1)NC. The average molecular weight is 255 g/mol. The summed E-state index contributed by atoms with van der Waals surface area (Å²) in [6.07, 6.45) is 3.57. The van der Waals surface area contributed by atoms with Crippen molar-refractivity contribution in [2.75, 3.05) is 7.05 Å². The number of fused-ring (bicyclic) bond motifs is 1. The van der Waals surface area contributed by atoms with Gasteiger partial charge in [0.25, 0.3) is 0 Å². The molecule has 1 N–H and O–H groups in total. The van der Waals surface area contributed by atoms with Crippen molar-refractivity contribution in [2.24, 2.45) is 0 Å². The first-order chi connectivity index (χ1) is 9.13. The standard InChI is InChI=1S/C16H17NO2/c1-11(17-3)8-9-15-12(2)16(18)14-7-5-4-6-13(14)10-19-15/h4-9,17H,1,10H2,2-3H3/b9-8-. The van der Waals surface area contributed by atoms with Gasteiger partial charge in [-0.05, 0) is 19.1 Å². The van der Waals surface area contributed by atoms with Crippen LogP contribution in [0.3, 0.4) is 0 Å². The van der Waals surface area contributed by atoms with E-state index in [4.69, 9.17) is 4.74 Å². The molecule has 0 aromatic heterocycles. The molecule has 0 spiro atoms. The number of hydrogen-bond acceptors (Lipinski definition) is 3. The van der Waals surface area contributed by atoms with E-state index in [0.717, 1.165) is 16.8 Å². The van der Waals surface area contributed by atoms with Gasteiger partial charge in [0.05, 0.1) is 0 Å². The third-order valence-corrected chi connectivity index (χ3v) is 3.11. The highest BCUT2D eigenvalue weighted by Gasteiger charge is 2.20. The fourth-order valence-corrected chi connectivity index (χ4v) is 1.88. The first kappa shape index (κ1) is 13.1. The van der Waals surface area contributed by atoms with E-state index >= 15 is 0 Å². The van der Waals surface area contributed by atoms with Gasteiger partial charge >= 0.3 is 0 Å². The number of hydrogen-bond donors (Lipinski definition) is 1. The second-order valence-corrected chi connectivity index (χ2v) is 4.37. The van der Waals surface area contributed by atoms with Crippen LogP contribution in [-0.2, 0) is 11.3 Å². The summed E-state index contributed by atoms with van der Waals surface area (Å²) in [6.45, 7) is 6.00. The Morgan fingerprint density at radius 1 is 1.42 bits per heavy atom. The molecule has 0 amide bonds. The van der Waals surface area contributed by atoms with Gasteiger partial charge < -0.3 is 10.1 Å². The lowest BCUT2D eigenvalue weighted by Gasteiger charge is -2.06. The summed E-state index contributed by atoms with van der Waals surface area (Å²) in [5.74, 6) is 0.611. The lowest BCUT2D eigenvalue weighted by atomic mass is 10.00. The number of Topliss-reactive ketones (excluding diaryl/α,β-unsaturated/α-hetero) is 1. The Bertz CT molecular complexity index is 582.